The van der Waals surface area contributed by atoms with E-state index in [4.69, 9.17) is 4.74 Å². The molecule has 2 heterocycles. The average molecular weight is 514 g/mol. The van der Waals surface area contributed by atoms with Crippen molar-refractivity contribution < 1.29 is 36.2 Å². The molecule has 0 saturated carbocycles. The van der Waals surface area contributed by atoms with Gasteiger partial charge >= 0.3 is 12.8 Å². The minimum atomic E-state index is -4.45. The van der Waals surface area contributed by atoms with Gasteiger partial charge in [0.05, 0.1) is 24.8 Å². The van der Waals surface area contributed by atoms with Crippen molar-refractivity contribution in [1.29, 1.82) is 0 Å². The monoisotopic (exact) mass is 513 g/mol. The number of rotatable bonds is 9. The van der Waals surface area contributed by atoms with Gasteiger partial charge < -0.3 is 25.0 Å². The Morgan fingerprint density at radius 3 is 2.44 bits per heavy atom. The maximum atomic E-state index is 12.8. The highest BCUT2D eigenvalue weighted by Crippen LogP contribution is 2.32. The number of ether oxygens (including phenoxy) is 2. The van der Waals surface area contributed by atoms with Crippen LogP contribution in [0, 0.1) is 5.92 Å². The molecule has 2 N–H and O–H groups in total. The van der Waals surface area contributed by atoms with Gasteiger partial charge in [-0.3, -0.25) is 4.79 Å². The molecule has 0 aliphatic carbocycles. The van der Waals surface area contributed by atoms with E-state index in [9.17, 15) is 26.7 Å². The van der Waals surface area contributed by atoms with Crippen LogP contribution in [-0.4, -0.2) is 57.5 Å². The van der Waals surface area contributed by atoms with E-state index in [2.05, 4.69) is 15.4 Å². The zero-order valence-corrected chi connectivity index (χ0v) is 19.4. The summed E-state index contributed by atoms with van der Waals surface area (Å²) < 4.78 is 74.2. The fraction of sp³-hybridized carbons (Fsp3) is 0.480. The topological polar surface area (TPSA) is 62.8 Å². The lowest BCUT2D eigenvalue weighted by Crippen LogP contribution is -2.34. The quantitative estimate of drug-likeness (QED) is 0.490. The second kappa shape index (κ2) is 11.4. The first-order chi connectivity index (χ1) is 17.2. The largest absolute Gasteiger partial charge is 0.489 e. The highest BCUT2D eigenvalue weighted by atomic mass is 19.4. The second-order valence-corrected chi connectivity index (χ2v) is 9.01. The van der Waals surface area contributed by atoms with Crippen molar-refractivity contribution in [2.45, 2.75) is 37.8 Å². The smallest absolute Gasteiger partial charge is 0.416 e. The molecule has 1 amide bonds. The molecule has 2 aromatic carbocycles. The number of halogens is 5. The van der Waals surface area contributed by atoms with E-state index in [0.717, 1.165) is 31.6 Å². The van der Waals surface area contributed by atoms with Crippen LogP contribution in [0.5, 0.6) is 5.75 Å². The molecule has 2 fully saturated rings. The van der Waals surface area contributed by atoms with Crippen LogP contribution in [0.4, 0.5) is 27.6 Å². The molecule has 2 aliphatic heterocycles. The minimum absolute atomic E-state index is 0.184. The first-order valence-corrected chi connectivity index (χ1v) is 11.8. The van der Waals surface area contributed by atoms with E-state index in [-0.39, 0.29) is 18.3 Å². The van der Waals surface area contributed by atoms with E-state index in [0.29, 0.717) is 36.7 Å². The summed E-state index contributed by atoms with van der Waals surface area (Å²) in [6, 6.07) is 10.7. The summed E-state index contributed by atoms with van der Waals surface area (Å²) >= 11 is 0. The van der Waals surface area contributed by atoms with E-state index in [1.54, 1.807) is 24.3 Å². The lowest BCUT2D eigenvalue weighted by atomic mass is 10.1. The number of anilines is 1. The van der Waals surface area contributed by atoms with Crippen LogP contribution in [0.15, 0.2) is 48.5 Å². The molecular formula is C25H28F5N3O3. The zero-order chi connectivity index (χ0) is 25.7. The number of hydrogen-bond acceptors (Lipinski definition) is 5. The minimum Gasteiger partial charge on any atom is -0.489 e. The predicted octanol–water partition coefficient (Wildman–Crippen LogP) is 4.31. The van der Waals surface area contributed by atoms with Crippen molar-refractivity contribution in [3.8, 4) is 5.75 Å². The van der Waals surface area contributed by atoms with E-state index < -0.39 is 30.5 Å². The number of carbonyl (C=O) groups is 1. The highest BCUT2D eigenvalue weighted by Gasteiger charge is 2.35. The SMILES string of the molecule is O=C(NCC1CCNC1)c1ccc(N2C[C@@H](Oc3ccc(C(F)(F)F)cc3)C[C@H]2COC(F)F)cc1. The maximum Gasteiger partial charge on any atom is 0.416 e. The Hall–Kier alpha value is -2.92. The third-order valence-electron chi connectivity index (χ3n) is 6.45. The molecule has 36 heavy (non-hydrogen) atoms. The van der Waals surface area contributed by atoms with Gasteiger partial charge in [-0.2, -0.15) is 22.0 Å². The average Bonchev–Trinajstić information content (AvgIpc) is 3.51. The summed E-state index contributed by atoms with van der Waals surface area (Å²) in [6.45, 7) is -0.434. The van der Waals surface area contributed by atoms with Gasteiger partial charge in [-0.15, -0.1) is 0 Å². The molecule has 0 radical (unpaired) electrons. The van der Waals surface area contributed by atoms with Gasteiger partial charge in [0.15, 0.2) is 0 Å². The van der Waals surface area contributed by atoms with E-state index in [1.165, 1.54) is 12.1 Å². The summed E-state index contributed by atoms with van der Waals surface area (Å²) in [5, 5.41) is 6.19. The van der Waals surface area contributed by atoms with Crippen molar-refractivity contribution in [3.05, 3.63) is 59.7 Å². The van der Waals surface area contributed by atoms with Crippen molar-refractivity contribution in [2.24, 2.45) is 5.92 Å². The zero-order valence-electron chi connectivity index (χ0n) is 19.4. The molecule has 2 saturated heterocycles. The number of benzene rings is 2. The van der Waals surface area contributed by atoms with Gasteiger partial charge in [0, 0.05) is 24.2 Å². The Balaban J connectivity index is 1.40. The Morgan fingerprint density at radius 2 is 1.83 bits per heavy atom. The summed E-state index contributed by atoms with van der Waals surface area (Å²) in [7, 11) is 0. The first-order valence-electron chi connectivity index (χ1n) is 11.8. The number of carbonyl (C=O) groups excluding carboxylic acids is 1. The standard InChI is InChI=1S/C25H28F5N3O3/c26-24(27)35-15-20-11-22(36-21-7-3-18(4-8-21)25(28,29)30)14-33(20)19-5-1-17(2-6-19)23(34)32-13-16-9-10-31-12-16/h1-8,16,20,22,24,31H,9-15H2,(H,32,34)/t16?,20-,22-/m0/s1. The molecule has 0 bridgehead atoms. The molecule has 6 nitrogen and oxygen atoms in total. The third-order valence-corrected chi connectivity index (χ3v) is 6.45. The number of nitrogens with zero attached hydrogens (tertiary/aromatic N) is 1. The molecular weight excluding hydrogens is 485 g/mol. The molecule has 3 atom stereocenters. The Bertz CT molecular complexity index is 995. The second-order valence-electron chi connectivity index (χ2n) is 9.01. The number of hydrogen-bond donors (Lipinski definition) is 2. The summed E-state index contributed by atoms with van der Waals surface area (Å²) in [5.41, 5.74) is 0.407. The Kier molecular flexibility index (Phi) is 8.30. The van der Waals surface area contributed by atoms with Gasteiger partial charge in [0.2, 0.25) is 0 Å². The normalized spacial score (nSPS) is 22.3. The number of nitrogens with one attached hydrogen (secondary N) is 2. The van der Waals surface area contributed by atoms with Crippen molar-refractivity contribution in [1.82, 2.24) is 10.6 Å². The maximum absolute atomic E-state index is 12.8. The van der Waals surface area contributed by atoms with Crippen LogP contribution in [-0.2, 0) is 10.9 Å². The molecule has 1 unspecified atom stereocenters. The molecule has 196 valence electrons. The van der Waals surface area contributed by atoms with Gasteiger partial charge in [0.1, 0.15) is 11.9 Å². The number of amides is 1. The molecule has 0 aromatic heterocycles. The van der Waals surface area contributed by atoms with Crippen LogP contribution < -0.4 is 20.3 Å². The fourth-order valence-corrected chi connectivity index (χ4v) is 4.56. The van der Waals surface area contributed by atoms with Gasteiger partial charge in [-0.1, -0.05) is 0 Å². The van der Waals surface area contributed by atoms with Gasteiger partial charge in [0.25, 0.3) is 5.91 Å². The number of alkyl halides is 5. The van der Waals surface area contributed by atoms with E-state index in [1.807, 2.05) is 4.90 Å². The third kappa shape index (κ3) is 6.85. The van der Waals surface area contributed by atoms with E-state index >= 15 is 0 Å². The van der Waals surface area contributed by atoms with Crippen molar-refractivity contribution in [2.75, 3.05) is 37.7 Å². The molecule has 0 spiro atoms. The van der Waals surface area contributed by atoms with Gasteiger partial charge in [-0.05, 0) is 74.0 Å². The van der Waals surface area contributed by atoms with Crippen molar-refractivity contribution >= 4 is 11.6 Å². The first kappa shape index (κ1) is 26.2. The Morgan fingerprint density at radius 1 is 1.11 bits per heavy atom. The van der Waals surface area contributed by atoms with Crippen LogP contribution in [0.1, 0.15) is 28.8 Å². The lowest BCUT2D eigenvalue weighted by Gasteiger charge is -2.26. The molecule has 11 heteroatoms. The van der Waals surface area contributed by atoms with Crippen LogP contribution in [0.2, 0.25) is 0 Å². The predicted molar refractivity (Wildman–Crippen MR) is 123 cm³/mol. The molecule has 2 aromatic rings. The van der Waals surface area contributed by atoms with Crippen LogP contribution >= 0.6 is 0 Å². The fourth-order valence-electron chi connectivity index (χ4n) is 4.56. The van der Waals surface area contributed by atoms with Crippen LogP contribution in [0.25, 0.3) is 0 Å². The van der Waals surface area contributed by atoms with Gasteiger partial charge in [-0.25, -0.2) is 0 Å². The molecule has 4 rings (SSSR count). The van der Waals surface area contributed by atoms with Crippen LogP contribution in [0.3, 0.4) is 0 Å². The summed E-state index contributed by atoms with van der Waals surface area (Å²) in [4.78, 5) is 14.3. The highest BCUT2D eigenvalue weighted by molar-refractivity contribution is 5.94. The Labute approximate surface area is 205 Å². The summed E-state index contributed by atoms with van der Waals surface area (Å²) in [6.07, 6.45) is -3.54. The lowest BCUT2D eigenvalue weighted by molar-refractivity contribution is -0.137. The van der Waals surface area contributed by atoms with Crippen molar-refractivity contribution in [3.63, 3.8) is 0 Å². The summed E-state index contributed by atoms with van der Waals surface area (Å²) in [5.74, 6) is 0.485. The molecule has 2 aliphatic rings.